The van der Waals surface area contributed by atoms with E-state index < -0.39 is 23.8 Å². The lowest BCUT2D eigenvalue weighted by molar-refractivity contribution is -0.270. The number of benzene rings is 1. The van der Waals surface area contributed by atoms with E-state index in [1.807, 2.05) is 0 Å². The summed E-state index contributed by atoms with van der Waals surface area (Å²) >= 11 is 0. The maximum absolute atomic E-state index is 13.1. The summed E-state index contributed by atoms with van der Waals surface area (Å²) in [5.74, 6) is -10.4. The van der Waals surface area contributed by atoms with Crippen LogP contribution >= 0.6 is 0 Å². The van der Waals surface area contributed by atoms with Crippen LogP contribution in [-0.2, 0) is 5.92 Å². The molecule has 0 aliphatic carbocycles. The van der Waals surface area contributed by atoms with Crippen molar-refractivity contribution < 1.29 is 26.3 Å². The van der Waals surface area contributed by atoms with E-state index in [2.05, 4.69) is 0 Å². The fraction of sp³-hybridized carbons (Fsp3) is 0.333. The quantitative estimate of drug-likeness (QED) is 0.640. The van der Waals surface area contributed by atoms with Gasteiger partial charge in [-0.2, -0.15) is 17.6 Å². The largest absolute Gasteiger partial charge is 0.399 e. The number of rotatable bonds is 3. The molecule has 0 fully saturated rings. The zero-order valence-corrected chi connectivity index (χ0v) is 7.73. The predicted molar refractivity (Wildman–Crippen MR) is 45.7 cm³/mol. The molecular weight excluding hydrogens is 236 g/mol. The van der Waals surface area contributed by atoms with Crippen LogP contribution in [0.4, 0.5) is 32.0 Å². The minimum atomic E-state index is -5.43. The lowest BCUT2D eigenvalue weighted by atomic mass is 10.0. The van der Waals surface area contributed by atoms with Gasteiger partial charge in [0.05, 0.1) is 0 Å². The molecule has 0 bridgehead atoms. The molecule has 16 heavy (non-hydrogen) atoms. The summed E-state index contributed by atoms with van der Waals surface area (Å²) in [7, 11) is 0. The summed E-state index contributed by atoms with van der Waals surface area (Å²) in [6, 6.07) is 3.32. The van der Waals surface area contributed by atoms with Crippen molar-refractivity contribution in [2.75, 3.05) is 5.73 Å². The van der Waals surface area contributed by atoms with Crippen molar-refractivity contribution >= 4 is 5.69 Å². The zero-order valence-electron chi connectivity index (χ0n) is 7.73. The van der Waals surface area contributed by atoms with Crippen molar-refractivity contribution in [2.45, 2.75) is 18.3 Å². The van der Waals surface area contributed by atoms with Crippen LogP contribution in [0.3, 0.4) is 0 Å². The van der Waals surface area contributed by atoms with E-state index in [0.29, 0.717) is 12.1 Å². The van der Waals surface area contributed by atoms with Crippen molar-refractivity contribution in [3.05, 3.63) is 29.8 Å². The molecule has 0 aliphatic heterocycles. The Hall–Kier alpha value is -1.40. The van der Waals surface area contributed by atoms with Gasteiger partial charge in [-0.05, 0) is 12.1 Å². The molecular formula is C9H7F6N. The van der Waals surface area contributed by atoms with Crippen molar-refractivity contribution in [3.63, 3.8) is 0 Å². The molecule has 1 nitrogen and oxygen atoms in total. The Morgan fingerprint density at radius 3 is 2.06 bits per heavy atom. The van der Waals surface area contributed by atoms with Gasteiger partial charge in [-0.25, -0.2) is 8.78 Å². The molecule has 0 unspecified atom stereocenters. The third-order valence-corrected chi connectivity index (χ3v) is 1.94. The molecule has 0 amide bonds. The summed E-state index contributed by atoms with van der Waals surface area (Å²) < 4.78 is 75.0. The first-order valence-corrected chi connectivity index (χ1v) is 4.09. The van der Waals surface area contributed by atoms with Gasteiger partial charge >= 0.3 is 18.3 Å². The molecule has 0 spiro atoms. The molecule has 7 heteroatoms. The van der Waals surface area contributed by atoms with Crippen molar-refractivity contribution in [3.8, 4) is 0 Å². The van der Waals surface area contributed by atoms with E-state index in [0.717, 1.165) is 6.07 Å². The average Bonchev–Trinajstić information content (AvgIpc) is 2.17. The molecule has 0 saturated heterocycles. The van der Waals surface area contributed by atoms with Crippen LogP contribution in [0.5, 0.6) is 0 Å². The average molecular weight is 243 g/mol. The second kappa shape index (κ2) is 3.88. The molecule has 0 aromatic heterocycles. The van der Waals surface area contributed by atoms with Crippen LogP contribution in [0, 0.1) is 0 Å². The van der Waals surface area contributed by atoms with Crippen LogP contribution in [0.2, 0.25) is 0 Å². The second-order valence-electron chi connectivity index (χ2n) is 3.12. The summed E-state index contributed by atoms with van der Waals surface area (Å²) in [6.45, 7) is 0. The summed E-state index contributed by atoms with van der Waals surface area (Å²) in [6.07, 6.45) is -4.45. The minimum Gasteiger partial charge on any atom is -0.399 e. The maximum atomic E-state index is 13.1. The first kappa shape index (κ1) is 12.7. The van der Waals surface area contributed by atoms with Crippen molar-refractivity contribution in [2.24, 2.45) is 0 Å². The monoisotopic (exact) mass is 243 g/mol. The van der Waals surface area contributed by atoms with Crippen LogP contribution in [-0.4, -0.2) is 12.3 Å². The number of nitrogens with two attached hydrogens (primary N) is 1. The fourth-order valence-corrected chi connectivity index (χ4v) is 1.06. The number of nitrogen functional groups attached to an aromatic ring is 1. The molecule has 2 N–H and O–H groups in total. The first-order chi connectivity index (χ1) is 7.19. The van der Waals surface area contributed by atoms with E-state index in [9.17, 15) is 26.3 Å². The van der Waals surface area contributed by atoms with Crippen LogP contribution in [0.25, 0.3) is 0 Å². The maximum Gasteiger partial charge on any atom is 0.373 e. The van der Waals surface area contributed by atoms with Gasteiger partial charge in [0.1, 0.15) is 0 Å². The third kappa shape index (κ3) is 1.94. The second-order valence-corrected chi connectivity index (χ2v) is 3.12. The Balaban J connectivity index is 3.20. The van der Waals surface area contributed by atoms with Gasteiger partial charge in [-0.1, -0.05) is 12.1 Å². The number of hydrogen-bond donors (Lipinski definition) is 1. The van der Waals surface area contributed by atoms with E-state index in [-0.39, 0.29) is 5.69 Å². The van der Waals surface area contributed by atoms with E-state index in [4.69, 9.17) is 5.73 Å². The molecule has 1 aromatic rings. The molecule has 1 rings (SSSR count). The van der Waals surface area contributed by atoms with Crippen LogP contribution in [0.1, 0.15) is 5.56 Å². The highest BCUT2D eigenvalue weighted by Crippen LogP contribution is 2.46. The van der Waals surface area contributed by atoms with Gasteiger partial charge in [0.2, 0.25) is 0 Å². The van der Waals surface area contributed by atoms with Crippen LogP contribution < -0.4 is 5.73 Å². The molecule has 0 radical (unpaired) electrons. The van der Waals surface area contributed by atoms with Crippen LogP contribution in [0.15, 0.2) is 24.3 Å². The molecule has 0 atom stereocenters. The molecule has 0 saturated carbocycles. The fourth-order valence-electron chi connectivity index (χ4n) is 1.06. The Morgan fingerprint density at radius 1 is 1.06 bits per heavy atom. The molecule has 0 aliphatic rings. The summed E-state index contributed by atoms with van der Waals surface area (Å²) in [5.41, 5.74) is 3.66. The Morgan fingerprint density at radius 2 is 1.62 bits per heavy atom. The van der Waals surface area contributed by atoms with E-state index in [1.165, 1.54) is 6.07 Å². The highest BCUT2D eigenvalue weighted by molar-refractivity contribution is 5.42. The Bertz CT molecular complexity index is 376. The summed E-state index contributed by atoms with van der Waals surface area (Å²) in [4.78, 5) is 0. The highest BCUT2D eigenvalue weighted by Gasteiger charge is 2.63. The SMILES string of the molecule is Nc1cccc(C(F)(F)C(F)(F)C(F)F)c1. The number of anilines is 1. The number of halogens is 6. The topological polar surface area (TPSA) is 26.0 Å². The normalized spacial score (nSPS) is 13.2. The van der Waals surface area contributed by atoms with Crippen molar-refractivity contribution in [1.29, 1.82) is 0 Å². The smallest absolute Gasteiger partial charge is 0.373 e. The number of alkyl halides is 6. The zero-order chi connectivity index (χ0) is 12.6. The van der Waals surface area contributed by atoms with Gasteiger partial charge in [-0.3, -0.25) is 0 Å². The molecule has 90 valence electrons. The van der Waals surface area contributed by atoms with Gasteiger partial charge < -0.3 is 5.73 Å². The molecule has 1 aromatic carbocycles. The van der Waals surface area contributed by atoms with Gasteiger partial charge in [0.25, 0.3) is 0 Å². The molecule has 0 heterocycles. The van der Waals surface area contributed by atoms with Crippen molar-refractivity contribution in [1.82, 2.24) is 0 Å². The Kier molecular flexibility index (Phi) is 3.07. The van der Waals surface area contributed by atoms with E-state index in [1.54, 1.807) is 0 Å². The van der Waals surface area contributed by atoms with Gasteiger partial charge in [-0.15, -0.1) is 0 Å². The van der Waals surface area contributed by atoms with Gasteiger partial charge in [0, 0.05) is 11.3 Å². The number of hydrogen-bond acceptors (Lipinski definition) is 1. The highest BCUT2D eigenvalue weighted by atomic mass is 19.3. The lowest BCUT2D eigenvalue weighted by Gasteiger charge is -2.26. The van der Waals surface area contributed by atoms with Gasteiger partial charge in [0.15, 0.2) is 0 Å². The lowest BCUT2D eigenvalue weighted by Crippen LogP contribution is -2.44. The predicted octanol–water partition coefficient (Wildman–Crippen LogP) is 3.26. The standard InChI is InChI=1S/C9H7F6N/c10-7(11)9(14,15)8(12,13)5-2-1-3-6(16)4-5/h1-4,7H,16H2. The third-order valence-electron chi connectivity index (χ3n) is 1.94. The first-order valence-electron chi connectivity index (χ1n) is 4.09. The van der Waals surface area contributed by atoms with E-state index >= 15 is 0 Å². The summed E-state index contributed by atoms with van der Waals surface area (Å²) in [5, 5.41) is 0. The Labute approximate surface area is 86.9 Å². The minimum absolute atomic E-state index is 0.206.